The molecule has 0 aromatic heterocycles. The van der Waals surface area contributed by atoms with E-state index in [0.29, 0.717) is 6.42 Å². The zero-order chi connectivity index (χ0) is 33.2. The zero-order valence-electron chi connectivity index (χ0n) is 30.8. The lowest BCUT2D eigenvalue weighted by Gasteiger charge is -2.04. The van der Waals surface area contributed by atoms with Crippen molar-refractivity contribution in [1.82, 2.24) is 0 Å². The Kier molecular flexibility index (Phi) is 25.5. The molecule has 0 rings (SSSR count). The summed E-state index contributed by atoms with van der Waals surface area (Å²) in [6.45, 7) is 21.9. The van der Waals surface area contributed by atoms with Crippen molar-refractivity contribution in [3.05, 3.63) is 93.2 Å². The molecule has 1 nitrogen and oxygen atoms in total. The van der Waals surface area contributed by atoms with E-state index in [1.807, 2.05) is 0 Å². The molecule has 0 heterocycles. The first-order valence-electron chi connectivity index (χ1n) is 17.6. The molecule has 0 saturated carbocycles. The summed E-state index contributed by atoms with van der Waals surface area (Å²) < 4.78 is 0. The van der Waals surface area contributed by atoms with Crippen molar-refractivity contribution in [1.29, 1.82) is 0 Å². The van der Waals surface area contributed by atoms with Gasteiger partial charge in [0, 0.05) is 6.42 Å². The van der Waals surface area contributed by atoms with Gasteiger partial charge in [-0.2, -0.15) is 0 Å². The number of hydrogen-bond donors (Lipinski definition) is 0. The van der Waals surface area contributed by atoms with E-state index in [1.165, 1.54) is 83.1 Å². The highest BCUT2D eigenvalue weighted by molar-refractivity contribution is 5.75. The molecule has 0 aliphatic carbocycles. The molecular formula is C43H70O. The van der Waals surface area contributed by atoms with Gasteiger partial charge in [0.05, 0.1) is 0 Å². The van der Waals surface area contributed by atoms with Crippen molar-refractivity contribution >= 4 is 5.78 Å². The minimum atomic E-state index is 0.276. The van der Waals surface area contributed by atoms with Crippen LogP contribution in [0.1, 0.15) is 172 Å². The number of hydrogen-bond acceptors (Lipinski definition) is 1. The molecule has 1 heteroatoms. The first kappa shape index (κ1) is 41.6. The van der Waals surface area contributed by atoms with Gasteiger partial charge in [0.15, 0.2) is 0 Å². The lowest BCUT2D eigenvalue weighted by Crippen LogP contribution is -1.87. The Morgan fingerprint density at radius 2 is 0.568 bits per heavy atom. The second-order valence-electron chi connectivity index (χ2n) is 13.6. The van der Waals surface area contributed by atoms with Crippen LogP contribution in [0.5, 0.6) is 0 Å². The van der Waals surface area contributed by atoms with Gasteiger partial charge in [-0.05, 0) is 166 Å². The summed E-state index contributed by atoms with van der Waals surface area (Å²) in [5.41, 5.74) is 11.9. The summed E-state index contributed by atoms with van der Waals surface area (Å²) in [5, 5.41) is 0. The third-order valence-corrected chi connectivity index (χ3v) is 8.27. The number of Topliss-reactive ketones (excluding diaryl/α,β-unsaturated/α-hetero) is 1. The Labute approximate surface area is 275 Å². The molecule has 248 valence electrons. The van der Waals surface area contributed by atoms with Crippen LogP contribution in [0.25, 0.3) is 0 Å². The van der Waals surface area contributed by atoms with Crippen LogP contribution in [0.3, 0.4) is 0 Å². The maximum Gasteiger partial charge on any atom is 0.130 e. The lowest BCUT2D eigenvalue weighted by atomic mass is 10.0. The molecule has 0 saturated heterocycles. The van der Waals surface area contributed by atoms with E-state index in [0.717, 1.165) is 57.8 Å². The van der Waals surface area contributed by atoms with E-state index >= 15 is 0 Å². The highest BCUT2D eigenvalue weighted by Gasteiger charge is 1.97. The molecule has 0 amide bonds. The van der Waals surface area contributed by atoms with Gasteiger partial charge in [-0.1, -0.05) is 93.2 Å². The van der Waals surface area contributed by atoms with E-state index in [2.05, 4.69) is 111 Å². The summed E-state index contributed by atoms with van der Waals surface area (Å²) in [4.78, 5) is 11.1. The molecule has 0 spiro atoms. The minimum absolute atomic E-state index is 0.276. The number of rotatable bonds is 24. The van der Waals surface area contributed by atoms with Crippen molar-refractivity contribution in [2.24, 2.45) is 0 Å². The standard InChI is InChI=1S/C43H70O/c1-35(2)19-11-20-36(3)21-12-22-37(4)23-13-24-38(5)25-14-26-39(6)27-15-28-40(7)29-16-30-41(8)31-17-32-42(9)33-18-34-43(10)44/h19,21,23,25,27,29,31,33H,11-18,20,22,24,26,28,30,32,34H2,1-10H3/b36-21+,37-23+,38-25+,39-27+,40-29+,41-31+,42-33+/i43+2. The molecule has 0 aromatic rings. The third-order valence-electron chi connectivity index (χ3n) is 8.27. The summed E-state index contributed by atoms with van der Waals surface area (Å²) >= 11 is 0. The number of carbonyl (C=O) groups excluding carboxylic acids is 1. The average Bonchev–Trinajstić information content (AvgIpc) is 2.92. The van der Waals surface area contributed by atoms with Crippen LogP contribution in [-0.2, 0) is 4.79 Å². The smallest absolute Gasteiger partial charge is 0.130 e. The minimum Gasteiger partial charge on any atom is -0.300 e. The Morgan fingerprint density at radius 1 is 0.364 bits per heavy atom. The molecule has 44 heavy (non-hydrogen) atoms. The molecule has 0 bridgehead atoms. The van der Waals surface area contributed by atoms with Gasteiger partial charge in [0.1, 0.15) is 5.78 Å². The Bertz CT molecular complexity index is 1060. The molecule has 0 radical (unpaired) electrons. The monoisotopic (exact) mass is 605 g/mol. The van der Waals surface area contributed by atoms with Crippen molar-refractivity contribution < 1.29 is 4.79 Å². The molecule has 0 aliphatic rings. The highest BCUT2D eigenvalue weighted by Crippen LogP contribution is 2.17. The van der Waals surface area contributed by atoms with Gasteiger partial charge in [-0.15, -0.1) is 0 Å². The van der Waals surface area contributed by atoms with E-state index in [1.54, 1.807) is 6.92 Å². The predicted molar refractivity (Wildman–Crippen MR) is 200 cm³/mol. The number of allylic oxidation sites excluding steroid dienone is 16. The summed E-state index contributed by atoms with van der Waals surface area (Å²) in [6.07, 6.45) is 36.9. The maximum atomic E-state index is 11.1. The summed E-state index contributed by atoms with van der Waals surface area (Å²) in [6, 6.07) is 0. The highest BCUT2D eigenvalue weighted by atomic mass is 16.3. The van der Waals surface area contributed by atoms with Gasteiger partial charge in [-0.3, -0.25) is 0 Å². The molecule has 0 N–H and O–H groups in total. The van der Waals surface area contributed by atoms with Crippen molar-refractivity contribution in [2.75, 3.05) is 0 Å². The third kappa shape index (κ3) is 28.4. The lowest BCUT2D eigenvalue weighted by molar-refractivity contribution is -0.116. The van der Waals surface area contributed by atoms with Crippen molar-refractivity contribution in [2.45, 2.75) is 172 Å². The van der Waals surface area contributed by atoms with E-state index < -0.39 is 0 Å². The summed E-state index contributed by atoms with van der Waals surface area (Å²) in [5.74, 6) is 0.276. The fraction of sp³-hybridized carbons (Fsp3) is 0.605. The molecule has 0 unspecified atom stereocenters. The van der Waals surface area contributed by atoms with Crippen molar-refractivity contribution in [3.63, 3.8) is 0 Å². The molecule has 0 atom stereocenters. The van der Waals surface area contributed by atoms with E-state index in [-0.39, 0.29) is 5.78 Å². The fourth-order valence-electron chi connectivity index (χ4n) is 5.10. The summed E-state index contributed by atoms with van der Waals surface area (Å²) in [7, 11) is 0. The van der Waals surface area contributed by atoms with Gasteiger partial charge < -0.3 is 4.79 Å². The Balaban J connectivity index is 4.20. The quantitative estimate of drug-likeness (QED) is 0.100. The van der Waals surface area contributed by atoms with Crippen LogP contribution >= 0.6 is 0 Å². The second kappa shape index (κ2) is 26.9. The SMILES string of the molecule is CC(C)=CCC/C(C)=C/CC/C(C)=C/CC/C(C)=C/CC/C(C)=C/CC/C(C)=C/CC/C(C)=C/CC/C(C)=C/CC[14C](C)=O. The second-order valence-corrected chi connectivity index (χ2v) is 13.6. The van der Waals surface area contributed by atoms with E-state index in [4.69, 9.17) is 0 Å². The average molecular weight is 605 g/mol. The normalized spacial score (nSPS) is 14.4. The topological polar surface area (TPSA) is 17.1 Å². The van der Waals surface area contributed by atoms with E-state index in [9.17, 15) is 4.79 Å². The number of ketones is 1. The van der Waals surface area contributed by atoms with Gasteiger partial charge in [-0.25, -0.2) is 0 Å². The zero-order valence-corrected chi connectivity index (χ0v) is 30.8. The van der Waals surface area contributed by atoms with Gasteiger partial charge >= 0.3 is 0 Å². The molecule has 0 aromatic carbocycles. The molecule has 0 aliphatic heterocycles. The number of carbonyl (C=O) groups is 1. The Morgan fingerprint density at radius 3 is 0.773 bits per heavy atom. The van der Waals surface area contributed by atoms with Crippen LogP contribution in [0, 0.1) is 0 Å². The molecule has 0 fully saturated rings. The van der Waals surface area contributed by atoms with Crippen LogP contribution < -0.4 is 0 Å². The largest absolute Gasteiger partial charge is 0.300 e. The Hall–Kier alpha value is -2.41. The van der Waals surface area contributed by atoms with Gasteiger partial charge in [0.2, 0.25) is 0 Å². The van der Waals surface area contributed by atoms with Crippen LogP contribution in [0.15, 0.2) is 93.2 Å². The first-order chi connectivity index (χ1) is 20.9. The van der Waals surface area contributed by atoms with Crippen LogP contribution in [0.2, 0.25) is 0 Å². The van der Waals surface area contributed by atoms with Crippen molar-refractivity contribution in [3.8, 4) is 0 Å². The maximum absolute atomic E-state index is 11.1. The molecular weight excluding hydrogens is 534 g/mol. The first-order valence-corrected chi connectivity index (χ1v) is 17.6. The fourth-order valence-corrected chi connectivity index (χ4v) is 5.10. The van der Waals surface area contributed by atoms with Crippen LogP contribution in [-0.4, -0.2) is 5.78 Å². The predicted octanol–water partition coefficient (Wildman–Crippen LogP) is 14.4. The van der Waals surface area contributed by atoms with Crippen LogP contribution in [0.4, 0.5) is 0 Å². The van der Waals surface area contributed by atoms with Gasteiger partial charge in [0.25, 0.3) is 0 Å².